The summed E-state index contributed by atoms with van der Waals surface area (Å²) in [5, 5.41) is 11.9. The molecule has 4 nitrogen and oxygen atoms in total. The van der Waals surface area contributed by atoms with Gasteiger partial charge in [0.25, 0.3) is 0 Å². The predicted octanol–water partition coefficient (Wildman–Crippen LogP) is 5.53. The summed E-state index contributed by atoms with van der Waals surface area (Å²) in [6.07, 6.45) is 0. The van der Waals surface area contributed by atoms with Crippen LogP contribution in [0.15, 0.2) is 72.8 Å². The lowest BCUT2D eigenvalue weighted by Gasteiger charge is -2.36. The second kappa shape index (κ2) is 6.22. The van der Waals surface area contributed by atoms with Crippen LogP contribution in [-0.2, 0) is 0 Å². The molecule has 0 bridgehead atoms. The Labute approximate surface area is 150 Å². The van der Waals surface area contributed by atoms with Crippen molar-refractivity contribution >= 4 is 28.7 Å². The van der Waals surface area contributed by atoms with Crippen molar-refractivity contribution in [1.29, 1.82) is 0 Å². The van der Waals surface area contributed by atoms with E-state index >= 15 is 0 Å². The molecule has 0 amide bonds. The van der Waals surface area contributed by atoms with Crippen LogP contribution in [0.25, 0.3) is 0 Å². The van der Waals surface area contributed by atoms with Gasteiger partial charge in [-0.25, -0.2) is 0 Å². The topological polar surface area (TPSA) is 46.4 Å². The van der Waals surface area contributed by atoms with E-state index < -0.39 is 0 Å². The maximum absolute atomic E-state index is 11.3. The summed E-state index contributed by atoms with van der Waals surface area (Å²) in [5.41, 5.74) is 4.84. The van der Waals surface area contributed by atoms with Gasteiger partial charge in [-0.1, -0.05) is 48.0 Å². The fourth-order valence-corrected chi connectivity index (χ4v) is 3.61. The quantitative estimate of drug-likeness (QED) is 0.460. The van der Waals surface area contributed by atoms with Gasteiger partial charge in [-0.2, -0.15) is 0 Å². The largest absolute Gasteiger partial charge is 0.310 e. The molecule has 0 N–H and O–H groups in total. The van der Waals surface area contributed by atoms with Crippen LogP contribution in [0.1, 0.15) is 17.0 Å². The average molecular weight is 351 g/mol. The first-order valence-electron chi connectivity index (χ1n) is 8.00. The van der Waals surface area contributed by atoms with Crippen LogP contribution < -0.4 is 4.90 Å². The summed E-state index contributed by atoms with van der Waals surface area (Å²) >= 11 is 6.04. The third kappa shape index (κ3) is 2.75. The van der Waals surface area contributed by atoms with Crippen molar-refractivity contribution in [3.8, 4) is 0 Å². The lowest BCUT2D eigenvalue weighted by Crippen LogP contribution is -2.25. The molecule has 1 aliphatic heterocycles. The molecule has 25 heavy (non-hydrogen) atoms. The first kappa shape index (κ1) is 15.7. The molecule has 0 unspecified atom stereocenters. The summed E-state index contributed by atoms with van der Waals surface area (Å²) in [7, 11) is 0. The molecule has 0 aliphatic carbocycles. The zero-order valence-electron chi connectivity index (χ0n) is 13.3. The highest BCUT2D eigenvalue weighted by atomic mass is 35.5. The number of nitro groups is 1. The molecule has 0 radical (unpaired) electrons. The van der Waals surface area contributed by atoms with Crippen LogP contribution in [0.3, 0.4) is 0 Å². The van der Waals surface area contributed by atoms with Crippen LogP contribution in [0.4, 0.5) is 17.1 Å². The van der Waals surface area contributed by atoms with Gasteiger partial charge in [-0.05, 0) is 47.5 Å². The summed E-state index contributed by atoms with van der Waals surface area (Å²) < 4.78 is 0. The number of hydrogen-bond donors (Lipinski definition) is 0. The van der Waals surface area contributed by atoms with Gasteiger partial charge >= 0.3 is 0 Å². The normalized spacial score (nSPS) is 13.2. The molecule has 0 spiro atoms. The van der Waals surface area contributed by atoms with Crippen LogP contribution in [0, 0.1) is 10.1 Å². The third-order valence-corrected chi connectivity index (χ3v) is 4.77. The Bertz CT molecular complexity index is 893. The fourth-order valence-electron chi connectivity index (χ4n) is 3.48. The number of nitrogens with zero attached hydrogens (tertiary/aromatic N) is 2. The van der Waals surface area contributed by atoms with Gasteiger partial charge in [-0.15, -0.1) is 0 Å². The van der Waals surface area contributed by atoms with E-state index in [1.54, 1.807) is 0 Å². The molecule has 0 fully saturated rings. The highest BCUT2D eigenvalue weighted by Crippen LogP contribution is 2.48. The molecule has 124 valence electrons. The fraction of sp³-hybridized carbons (Fsp3) is 0.100. The highest BCUT2D eigenvalue weighted by molar-refractivity contribution is 6.30. The van der Waals surface area contributed by atoms with Crippen LogP contribution in [-0.4, -0.2) is 11.5 Å². The van der Waals surface area contributed by atoms with Gasteiger partial charge in [0.15, 0.2) is 0 Å². The van der Waals surface area contributed by atoms with E-state index in [9.17, 15) is 10.1 Å². The molecule has 0 atom stereocenters. The molecule has 3 aromatic carbocycles. The van der Waals surface area contributed by atoms with Gasteiger partial charge in [-0.3, -0.25) is 10.1 Å². The predicted molar refractivity (Wildman–Crippen MR) is 99.8 cm³/mol. The van der Waals surface area contributed by atoms with Crippen LogP contribution in [0.2, 0.25) is 5.02 Å². The SMILES string of the molecule is O=[N+]([O-])CC1c2ccccc2N(c2ccc(Cl)cc2)c2ccccc21. The molecular weight excluding hydrogens is 336 g/mol. The van der Waals surface area contributed by atoms with E-state index in [1.807, 2.05) is 72.8 Å². The number of para-hydroxylation sites is 2. The third-order valence-electron chi connectivity index (χ3n) is 4.52. The Morgan fingerprint density at radius 3 is 1.92 bits per heavy atom. The minimum atomic E-state index is -0.258. The minimum Gasteiger partial charge on any atom is -0.310 e. The Hall–Kier alpha value is -2.85. The van der Waals surface area contributed by atoms with E-state index in [2.05, 4.69) is 4.90 Å². The van der Waals surface area contributed by atoms with Crippen molar-refractivity contribution in [3.63, 3.8) is 0 Å². The lowest BCUT2D eigenvalue weighted by molar-refractivity contribution is -0.481. The molecule has 5 heteroatoms. The zero-order valence-corrected chi connectivity index (χ0v) is 14.1. The van der Waals surface area contributed by atoms with E-state index in [0.717, 1.165) is 28.2 Å². The highest BCUT2D eigenvalue weighted by Gasteiger charge is 2.33. The molecular formula is C20H15ClN2O2. The van der Waals surface area contributed by atoms with E-state index in [1.165, 1.54) is 0 Å². The summed E-state index contributed by atoms with van der Waals surface area (Å²) in [5.74, 6) is -0.258. The minimum absolute atomic E-state index is 0.123. The van der Waals surface area contributed by atoms with Gasteiger partial charge in [0, 0.05) is 15.6 Å². The van der Waals surface area contributed by atoms with Gasteiger partial charge in [0.05, 0.1) is 17.3 Å². The number of hydrogen-bond acceptors (Lipinski definition) is 3. The van der Waals surface area contributed by atoms with Crippen molar-refractivity contribution in [2.24, 2.45) is 0 Å². The first-order valence-corrected chi connectivity index (χ1v) is 8.38. The second-order valence-electron chi connectivity index (χ2n) is 6.00. The standard InChI is InChI=1S/C20H15ClN2O2/c21-14-9-11-15(12-10-14)23-19-7-3-1-5-16(19)18(13-22(24)25)17-6-2-4-8-20(17)23/h1-12,18H,13H2. The monoisotopic (exact) mass is 350 g/mol. The van der Waals surface area contributed by atoms with Gasteiger partial charge in [0.1, 0.15) is 0 Å². The van der Waals surface area contributed by atoms with Crippen molar-refractivity contribution in [3.05, 3.63) is 99.1 Å². The molecule has 0 aromatic heterocycles. The summed E-state index contributed by atoms with van der Waals surface area (Å²) in [6, 6.07) is 23.4. The summed E-state index contributed by atoms with van der Waals surface area (Å²) in [6.45, 7) is -0.123. The Morgan fingerprint density at radius 1 is 0.880 bits per heavy atom. The maximum Gasteiger partial charge on any atom is 0.214 e. The van der Waals surface area contributed by atoms with Crippen LogP contribution >= 0.6 is 11.6 Å². The maximum atomic E-state index is 11.3. The number of benzene rings is 3. The molecule has 0 saturated heterocycles. The van der Waals surface area contributed by atoms with Gasteiger partial charge in [0.2, 0.25) is 6.54 Å². The van der Waals surface area contributed by atoms with Crippen molar-refractivity contribution in [2.75, 3.05) is 11.4 Å². The Morgan fingerprint density at radius 2 is 1.40 bits per heavy atom. The zero-order chi connectivity index (χ0) is 17.4. The van der Waals surface area contributed by atoms with E-state index in [4.69, 9.17) is 11.6 Å². The molecule has 1 aliphatic rings. The Balaban J connectivity index is 1.95. The van der Waals surface area contributed by atoms with Crippen LogP contribution in [0.5, 0.6) is 0 Å². The van der Waals surface area contributed by atoms with Crippen molar-refractivity contribution in [2.45, 2.75) is 5.92 Å². The molecule has 1 heterocycles. The molecule has 0 saturated carbocycles. The smallest absolute Gasteiger partial charge is 0.214 e. The van der Waals surface area contributed by atoms with E-state index in [0.29, 0.717) is 5.02 Å². The second-order valence-corrected chi connectivity index (χ2v) is 6.43. The van der Waals surface area contributed by atoms with Gasteiger partial charge < -0.3 is 4.90 Å². The lowest BCUT2D eigenvalue weighted by atomic mass is 9.84. The van der Waals surface area contributed by atoms with Crippen molar-refractivity contribution in [1.82, 2.24) is 0 Å². The number of rotatable bonds is 3. The first-order chi connectivity index (χ1) is 12.1. The average Bonchev–Trinajstić information content (AvgIpc) is 2.62. The Kier molecular flexibility index (Phi) is 3.90. The number of fused-ring (bicyclic) bond motifs is 2. The van der Waals surface area contributed by atoms with E-state index in [-0.39, 0.29) is 17.4 Å². The number of halogens is 1. The molecule has 3 aromatic rings. The number of anilines is 3. The van der Waals surface area contributed by atoms with Crippen molar-refractivity contribution < 1.29 is 4.92 Å². The molecule has 4 rings (SSSR count). The summed E-state index contributed by atoms with van der Waals surface area (Å²) in [4.78, 5) is 13.1.